The Morgan fingerprint density at radius 1 is 0.852 bits per heavy atom. The molecule has 3 aliphatic rings. The highest BCUT2D eigenvalue weighted by molar-refractivity contribution is 5.22. The molecule has 3 unspecified atom stereocenters. The Bertz CT molecular complexity index is 582. The Kier molecular flexibility index (Phi) is 6.75. The second-order valence-corrected chi connectivity index (χ2v) is 10.2. The summed E-state index contributed by atoms with van der Waals surface area (Å²) in [5, 5.41) is 11.9. The third-order valence-corrected chi connectivity index (χ3v) is 8.21. The summed E-state index contributed by atoms with van der Waals surface area (Å²) in [7, 11) is 4.87. The fourth-order valence-corrected chi connectivity index (χ4v) is 6.57. The Hall–Kier alpha value is -0.380. The molecular weight excluding hydrogens is 398 g/mol. The van der Waals surface area contributed by atoms with E-state index >= 15 is 0 Å². The lowest BCUT2D eigenvalue weighted by molar-refractivity contribution is -0.931. The van der Waals surface area contributed by atoms with E-state index in [4.69, 9.17) is 0 Å². The third-order valence-electron chi connectivity index (χ3n) is 8.21. The number of aliphatic hydroxyl groups is 1. The minimum Gasteiger partial charge on any atom is -1.00 e. The van der Waals surface area contributed by atoms with Crippen molar-refractivity contribution in [2.75, 3.05) is 14.1 Å². The van der Waals surface area contributed by atoms with E-state index in [0.717, 1.165) is 30.5 Å². The number of nitrogens with zero attached hydrogens (tertiary/aromatic N) is 1. The van der Waals surface area contributed by atoms with Crippen molar-refractivity contribution in [3.05, 3.63) is 35.9 Å². The molecule has 3 heteroatoms. The van der Waals surface area contributed by atoms with Crippen molar-refractivity contribution in [2.45, 2.75) is 88.3 Å². The number of fused-ring (bicyclic) bond motifs is 2. The molecule has 0 radical (unpaired) electrons. The second kappa shape index (κ2) is 8.55. The topological polar surface area (TPSA) is 20.2 Å². The maximum Gasteiger partial charge on any atom is 0.0901 e. The highest BCUT2D eigenvalue weighted by Crippen LogP contribution is 2.47. The molecule has 2 aliphatic heterocycles. The van der Waals surface area contributed by atoms with Crippen molar-refractivity contribution in [1.82, 2.24) is 0 Å². The van der Waals surface area contributed by atoms with Gasteiger partial charge in [-0.3, -0.25) is 0 Å². The largest absolute Gasteiger partial charge is 1.00 e. The van der Waals surface area contributed by atoms with Crippen molar-refractivity contribution < 1.29 is 26.6 Å². The molecule has 3 fully saturated rings. The predicted molar refractivity (Wildman–Crippen MR) is 108 cm³/mol. The van der Waals surface area contributed by atoms with Crippen LogP contribution in [0.1, 0.15) is 76.2 Å². The van der Waals surface area contributed by atoms with Crippen LogP contribution in [-0.2, 0) is 5.60 Å². The summed E-state index contributed by atoms with van der Waals surface area (Å²) < 4.78 is 1.23. The molecule has 2 nitrogen and oxygen atoms in total. The van der Waals surface area contributed by atoms with E-state index in [9.17, 15) is 5.11 Å². The Labute approximate surface area is 176 Å². The van der Waals surface area contributed by atoms with Crippen LogP contribution in [0.15, 0.2) is 30.3 Å². The molecule has 27 heavy (non-hydrogen) atoms. The first-order valence-corrected chi connectivity index (χ1v) is 11.1. The molecule has 0 spiro atoms. The summed E-state index contributed by atoms with van der Waals surface area (Å²) in [6, 6.07) is 12.2. The maximum atomic E-state index is 11.9. The third kappa shape index (κ3) is 4.46. The number of rotatable bonds is 5. The lowest BCUT2D eigenvalue weighted by Crippen LogP contribution is -3.00. The molecule has 152 valence electrons. The lowest BCUT2D eigenvalue weighted by Gasteiger charge is -2.46. The van der Waals surface area contributed by atoms with Gasteiger partial charge in [0.05, 0.1) is 31.8 Å². The highest BCUT2D eigenvalue weighted by atomic mass is 79.9. The molecule has 1 aromatic carbocycles. The fraction of sp³-hybridized carbons (Fsp3) is 0.750. The van der Waals surface area contributed by atoms with Gasteiger partial charge in [-0.25, -0.2) is 0 Å². The van der Waals surface area contributed by atoms with Crippen molar-refractivity contribution in [3.63, 3.8) is 0 Å². The van der Waals surface area contributed by atoms with Gasteiger partial charge in [-0.2, -0.15) is 0 Å². The van der Waals surface area contributed by atoms with E-state index < -0.39 is 5.60 Å². The SMILES string of the molecule is C[N+]1(C)C2CCC1CC(CC(O)(CC1CCCCC1)c1ccccc1)C2.[Br-]. The summed E-state index contributed by atoms with van der Waals surface area (Å²) >= 11 is 0. The first-order chi connectivity index (χ1) is 12.5. The van der Waals surface area contributed by atoms with Gasteiger partial charge < -0.3 is 26.6 Å². The second-order valence-electron chi connectivity index (χ2n) is 10.2. The van der Waals surface area contributed by atoms with E-state index in [2.05, 4.69) is 44.4 Å². The average molecular weight is 436 g/mol. The molecule has 3 atom stereocenters. The first kappa shape index (κ1) is 21.3. The zero-order chi connectivity index (χ0) is 18.2. The standard InChI is InChI=1S/C24H38NO.BrH/c1-25(2)22-13-14-23(25)16-20(15-22)18-24(26,21-11-7-4-8-12-21)17-19-9-5-3-6-10-19;/h4,7-8,11-12,19-20,22-23,26H,3,5-6,9-10,13-18H2,1-2H3;1H/q+1;/p-1. The number of piperidine rings is 1. The van der Waals surface area contributed by atoms with E-state index in [0.29, 0.717) is 11.8 Å². The smallest absolute Gasteiger partial charge is 0.0901 e. The molecule has 1 saturated carbocycles. The molecule has 1 N–H and O–H groups in total. The summed E-state index contributed by atoms with van der Waals surface area (Å²) in [6.45, 7) is 0. The normalized spacial score (nSPS) is 32.5. The highest BCUT2D eigenvalue weighted by Gasteiger charge is 2.50. The Morgan fingerprint density at radius 2 is 1.41 bits per heavy atom. The van der Waals surface area contributed by atoms with E-state index in [-0.39, 0.29) is 17.0 Å². The van der Waals surface area contributed by atoms with Gasteiger partial charge in [0.1, 0.15) is 0 Å². The molecule has 0 amide bonds. The average Bonchev–Trinajstić information content (AvgIpc) is 2.80. The monoisotopic (exact) mass is 435 g/mol. The van der Waals surface area contributed by atoms with Crippen LogP contribution in [-0.4, -0.2) is 35.8 Å². The van der Waals surface area contributed by atoms with Crippen LogP contribution in [0.2, 0.25) is 0 Å². The number of halogens is 1. The fourth-order valence-electron chi connectivity index (χ4n) is 6.57. The van der Waals surface area contributed by atoms with Crippen molar-refractivity contribution in [1.29, 1.82) is 0 Å². The van der Waals surface area contributed by atoms with Gasteiger partial charge in [0.25, 0.3) is 0 Å². The van der Waals surface area contributed by atoms with Crippen molar-refractivity contribution in [2.24, 2.45) is 11.8 Å². The molecular formula is C24H38BrNO. The summed E-state index contributed by atoms with van der Waals surface area (Å²) in [5.74, 6) is 1.40. The van der Waals surface area contributed by atoms with Crippen LogP contribution in [0.4, 0.5) is 0 Å². The van der Waals surface area contributed by atoms with Gasteiger partial charge >= 0.3 is 0 Å². The minimum atomic E-state index is -0.623. The lowest BCUT2D eigenvalue weighted by atomic mass is 9.72. The maximum absolute atomic E-state index is 11.9. The van der Waals surface area contributed by atoms with Gasteiger partial charge in [-0.1, -0.05) is 62.4 Å². The van der Waals surface area contributed by atoms with Gasteiger partial charge in [0.2, 0.25) is 0 Å². The predicted octanol–water partition coefficient (Wildman–Crippen LogP) is 2.26. The molecule has 1 aliphatic carbocycles. The Balaban J connectivity index is 0.00000210. The van der Waals surface area contributed by atoms with Gasteiger partial charge in [0.15, 0.2) is 0 Å². The van der Waals surface area contributed by atoms with Crippen LogP contribution >= 0.6 is 0 Å². The summed E-state index contributed by atoms with van der Waals surface area (Å²) in [5.41, 5.74) is 0.541. The first-order valence-electron chi connectivity index (χ1n) is 11.1. The molecule has 2 heterocycles. The van der Waals surface area contributed by atoms with Crippen LogP contribution in [0.5, 0.6) is 0 Å². The number of hydrogen-bond acceptors (Lipinski definition) is 1. The number of quaternary nitrogens is 1. The van der Waals surface area contributed by atoms with E-state index in [1.807, 2.05) is 0 Å². The molecule has 1 aromatic rings. The van der Waals surface area contributed by atoms with Crippen LogP contribution < -0.4 is 17.0 Å². The van der Waals surface area contributed by atoms with Gasteiger partial charge in [-0.05, 0) is 30.2 Å². The summed E-state index contributed by atoms with van der Waals surface area (Å²) in [6.07, 6.45) is 14.1. The zero-order valence-electron chi connectivity index (χ0n) is 17.2. The molecule has 2 saturated heterocycles. The minimum absolute atomic E-state index is 0. The van der Waals surface area contributed by atoms with Crippen LogP contribution in [0.25, 0.3) is 0 Å². The van der Waals surface area contributed by atoms with Crippen LogP contribution in [0, 0.1) is 11.8 Å². The van der Waals surface area contributed by atoms with Crippen LogP contribution in [0.3, 0.4) is 0 Å². The molecule has 0 aromatic heterocycles. The zero-order valence-corrected chi connectivity index (χ0v) is 18.8. The van der Waals surface area contributed by atoms with Gasteiger partial charge in [-0.15, -0.1) is 0 Å². The van der Waals surface area contributed by atoms with Crippen molar-refractivity contribution >= 4 is 0 Å². The summed E-state index contributed by atoms with van der Waals surface area (Å²) in [4.78, 5) is 0. The number of hydrogen-bond donors (Lipinski definition) is 1. The van der Waals surface area contributed by atoms with Gasteiger partial charge in [0, 0.05) is 25.7 Å². The molecule has 2 bridgehead atoms. The van der Waals surface area contributed by atoms with Crippen molar-refractivity contribution in [3.8, 4) is 0 Å². The van der Waals surface area contributed by atoms with E-state index in [1.165, 1.54) is 62.3 Å². The molecule has 4 rings (SSSR count). The number of benzene rings is 1. The Morgan fingerprint density at radius 3 is 2.00 bits per heavy atom. The quantitative estimate of drug-likeness (QED) is 0.703. The van der Waals surface area contributed by atoms with E-state index in [1.54, 1.807) is 0 Å².